The third-order valence-corrected chi connectivity index (χ3v) is 2.83. The summed E-state index contributed by atoms with van der Waals surface area (Å²) in [5.74, 6) is 0.478. The van der Waals surface area contributed by atoms with Crippen molar-refractivity contribution in [3.63, 3.8) is 0 Å². The van der Waals surface area contributed by atoms with Gasteiger partial charge in [0.25, 0.3) is 0 Å². The molecule has 0 unspecified atom stereocenters. The summed E-state index contributed by atoms with van der Waals surface area (Å²) in [5.41, 5.74) is 0. The molecular formula is C10H13N3O. The van der Waals surface area contributed by atoms with Gasteiger partial charge < -0.3 is 9.67 Å². The molecule has 0 amide bonds. The summed E-state index contributed by atoms with van der Waals surface area (Å²) in [6.45, 7) is 0. The molecule has 1 fully saturated rings. The number of nitrogens with zero attached hydrogens (tertiary/aromatic N) is 3. The van der Waals surface area contributed by atoms with Crippen molar-refractivity contribution in [2.75, 3.05) is 0 Å². The molecule has 0 atom stereocenters. The highest BCUT2D eigenvalue weighted by atomic mass is 16.3. The predicted octanol–water partition coefficient (Wildman–Crippen LogP) is 1.23. The molecule has 1 aromatic heterocycles. The Bertz CT molecular complexity index is 344. The van der Waals surface area contributed by atoms with E-state index in [0.29, 0.717) is 11.9 Å². The number of aliphatic hydroxyl groups excluding tert-OH is 1. The van der Waals surface area contributed by atoms with E-state index in [9.17, 15) is 5.11 Å². The molecule has 0 saturated heterocycles. The van der Waals surface area contributed by atoms with Gasteiger partial charge in [0.15, 0.2) is 0 Å². The Balaban J connectivity index is 2.13. The third kappa shape index (κ3) is 1.64. The summed E-state index contributed by atoms with van der Waals surface area (Å²) in [6, 6.07) is 2.42. The maximum atomic E-state index is 9.36. The van der Waals surface area contributed by atoms with Gasteiger partial charge in [-0.25, -0.2) is 4.98 Å². The van der Waals surface area contributed by atoms with Crippen molar-refractivity contribution in [3.05, 3.63) is 18.2 Å². The van der Waals surface area contributed by atoms with E-state index in [2.05, 4.69) is 11.1 Å². The molecule has 1 aliphatic carbocycles. The topological polar surface area (TPSA) is 61.8 Å². The standard InChI is InChI=1S/C10H13N3O/c11-7-10-12-5-6-13(10)8-1-3-9(14)4-2-8/h5-6,8-9,14H,1-4H2. The fourth-order valence-corrected chi connectivity index (χ4v) is 2.03. The lowest BCUT2D eigenvalue weighted by molar-refractivity contribution is 0.110. The molecule has 74 valence electrons. The normalized spacial score (nSPS) is 27.1. The number of hydrogen-bond donors (Lipinski definition) is 1. The molecule has 1 N–H and O–H groups in total. The number of aliphatic hydroxyl groups is 1. The Hall–Kier alpha value is -1.34. The Morgan fingerprint density at radius 3 is 2.79 bits per heavy atom. The molecule has 1 heterocycles. The van der Waals surface area contributed by atoms with Crippen molar-refractivity contribution >= 4 is 0 Å². The van der Waals surface area contributed by atoms with Crippen molar-refractivity contribution in [1.29, 1.82) is 5.26 Å². The van der Waals surface area contributed by atoms with Gasteiger partial charge in [0, 0.05) is 18.4 Å². The highest BCUT2D eigenvalue weighted by molar-refractivity contribution is 5.12. The first-order valence-electron chi connectivity index (χ1n) is 4.92. The SMILES string of the molecule is N#Cc1nccn1C1CCC(O)CC1. The van der Waals surface area contributed by atoms with Crippen molar-refractivity contribution in [2.24, 2.45) is 0 Å². The van der Waals surface area contributed by atoms with Crippen LogP contribution in [-0.4, -0.2) is 20.8 Å². The number of hydrogen-bond acceptors (Lipinski definition) is 3. The Kier molecular flexibility index (Phi) is 2.51. The predicted molar refractivity (Wildman–Crippen MR) is 50.5 cm³/mol. The van der Waals surface area contributed by atoms with Crippen molar-refractivity contribution in [2.45, 2.75) is 37.8 Å². The maximum Gasteiger partial charge on any atom is 0.212 e. The van der Waals surface area contributed by atoms with Gasteiger partial charge in [-0.05, 0) is 25.7 Å². The highest BCUT2D eigenvalue weighted by Crippen LogP contribution is 2.28. The molecular weight excluding hydrogens is 178 g/mol. The average molecular weight is 191 g/mol. The molecule has 0 spiro atoms. The molecule has 1 saturated carbocycles. The zero-order valence-electron chi connectivity index (χ0n) is 7.93. The zero-order chi connectivity index (χ0) is 9.97. The molecule has 0 aliphatic heterocycles. The molecule has 0 radical (unpaired) electrons. The smallest absolute Gasteiger partial charge is 0.212 e. The first-order chi connectivity index (χ1) is 6.81. The first kappa shape index (κ1) is 9.22. The van der Waals surface area contributed by atoms with Gasteiger partial charge in [0.1, 0.15) is 6.07 Å². The average Bonchev–Trinajstić information content (AvgIpc) is 2.67. The van der Waals surface area contributed by atoms with Crippen LogP contribution in [0.4, 0.5) is 0 Å². The van der Waals surface area contributed by atoms with Crippen LogP contribution in [-0.2, 0) is 0 Å². The van der Waals surface area contributed by atoms with Crippen molar-refractivity contribution in [1.82, 2.24) is 9.55 Å². The molecule has 4 heteroatoms. The fraction of sp³-hybridized carbons (Fsp3) is 0.600. The van der Waals surface area contributed by atoms with Crippen LogP contribution >= 0.6 is 0 Å². The van der Waals surface area contributed by atoms with Crippen LogP contribution in [0.15, 0.2) is 12.4 Å². The number of rotatable bonds is 1. The molecule has 4 nitrogen and oxygen atoms in total. The van der Waals surface area contributed by atoms with Crippen molar-refractivity contribution < 1.29 is 5.11 Å². The molecule has 0 aromatic carbocycles. The maximum absolute atomic E-state index is 9.36. The minimum absolute atomic E-state index is 0.152. The summed E-state index contributed by atoms with van der Waals surface area (Å²) < 4.78 is 1.92. The van der Waals surface area contributed by atoms with Crippen LogP contribution in [0.25, 0.3) is 0 Å². The molecule has 1 aromatic rings. The minimum Gasteiger partial charge on any atom is -0.393 e. The van der Waals surface area contributed by atoms with E-state index in [1.165, 1.54) is 0 Å². The first-order valence-corrected chi connectivity index (χ1v) is 4.92. The second-order valence-corrected chi connectivity index (χ2v) is 3.73. The minimum atomic E-state index is -0.152. The van der Waals surface area contributed by atoms with E-state index in [1.54, 1.807) is 6.20 Å². The summed E-state index contributed by atoms with van der Waals surface area (Å²) >= 11 is 0. The number of nitriles is 1. The monoisotopic (exact) mass is 191 g/mol. The zero-order valence-corrected chi connectivity index (χ0v) is 7.93. The Labute approximate surface area is 82.8 Å². The lowest BCUT2D eigenvalue weighted by Crippen LogP contribution is -2.21. The van der Waals surface area contributed by atoms with Gasteiger partial charge in [0.05, 0.1) is 6.10 Å². The lowest BCUT2D eigenvalue weighted by Gasteiger charge is -2.26. The van der Waals surface area contributed by atoms with Gasteiger partial charge in [-0.1, -0.05) is 0 Å². The van der Waals surface area contributed by atoms with Crippen LogP contribution in [0.2, 0.25) is 0 Å². The van der Waals surface area contributed by atoms with Crippen LogP contribution in [0.3, 0.4) is 0 Å². The van der Waals surface area contributed by atoms with Gasteiger partial charge in [-0.3, -0.25) is 0 Å². The van der Waals surface area contributed by atoms with Crippen molar-refractivity contribution in [3.8, 4) is 6.07 Å². The summed E-state index contributed by atoms with van der Waals surface area (Å²) in [4.78, 5) is 3.97. The lowest BCUT2D eigenvalue weighted by atomic mass is 9.93. The quantitative estimate of drug-likeness (QED) is 0.726. The van der Waals surface area contributed by atoms with E-state index in [4.69, 9.17) is 5.26 Å². The molecule has 14 heavy (non-hydrogen) atoms. The summed E-state index contributed by atoms with van der Waals surface area (Å²) in [6.07, 6.45) is 6.88. The third-order valence-electron chi connectivity index (χ3n) is 2.83. The van der Waals surface area contributed by atoms with Crippen LogP contribution in [0, 0.1) is 11.3 Å². The largest absolute Gasteiger partial charge is 0.393 e. The fourth-order valence-electron chi connectivity index (χ4n) is 2.03. The van der Waals surface area contributed by atoms with Crippen LogP contribution < -0.4 is 0 Å². The van der Waals surface area contributed by atoms with Crippen LogP contribution in [0.1, 0.15) is 37.5 Å². The summed E-state index contributed by atoms with van der Waals surface area (Å²) in [7, 11) is 0. The van der Waals surface area contributed by atoms with E-state index in [-0.39, 0.29) is 6.10 Å². The van der Waals surface area contributed by atoms with Gasteiger partial charge in [0.2, 0.25) is 5.82 Å². The number of imidazole rings is 1. The van der Waals surface area contributed by atoms with E-state index < -0.39 is 0 Å². The Morgan fingerprint density at radius 1 is 1.43 bits per heavy atom. The summed E-state index contributed by atoms with van der Waals surface area (Å²) in [5, 5.41) is 18.2. The van der Waals surface area contributed by atoms with Gasteiger partial charge in [-0.2, -0.15) is 5.26 Å². The van der Waals surface area contributed by atoms with Gasteiger partial charge >= 0.3 is 0 Å². The van der Waals surface area contributed by atoms with Crippen LogP contribution in [0.5, 0.6) is 0 Å². The Morgan fingerprint density at radius 2 is 2.14 bits per heavy atom. The van der Waals surface area contributed by atoms with Gasteiger partial charge in [-0.15, -0.1) is 0 Å². The molecule has 1 aliphatic rings. The molecule has 2 rings (SSSR count). The van der Waals surface area contributed by atoms with E-state index in [1.807, 2.05) is 10.8 Å². The highest BCUT2D eigenvalue weighted by Gasteiger charge is 2.21. The second kappa shape index (κ2) is 3.81. The second-order valence-electron chi connectivity index (χ2n) is 3.73. The number of aromatic nitrogens is 2. The molecule has 0 bridgehead atoms. The van der Waals surface area contributed by atoms with E-state index in [0.717, 1.165) is 25.7 Å². The van der Waals surface area contributed by atoms with E-state index >= 15 is 0 Å².